The molecule has 6 rings (SSSR count). The number of ether oxygens (including phenoxy) is 1. The molecule has 3 N–H and O–H groups in total. The summed E-state index contributed by atoms with van der Waals surface area (Å²) in [7, 11) is 0. The van der Waals surface area contributed by atoms with Crippen molar-refractivity contribution in [2.75, 3.05) is 11.4 Å². The van der Waals surface area contributed by atoms with E-state index in [0.29, 0.717) is 29.9 Å². The van der Waals surface area contributed by atoms with Gasteiger partial charge < -0.3 is 24.8 Å². The third-order valence-electron chi connectivity index (χ3n) is 6.50. The van der Waals surface area contributed by atoms with Gasteiger partial charge in [-0.1, -0.05) is 12.0 Å². The molecule has 2 aliphatic rings. The van der Waals surface area contributed by atoms with E-state index in [2.05, 4.69) is 25.1 Å². The first-order valence-electron chi connectivity index (χ1n) is 10.5. The van der Waals surface area contributed by atoms with Gasteiger partial charge in [0.2, 0.25) is 5.89 Å². The normalized spacial score (nSPS) is 22.8. The van der Waals surface area contributed by atoms with Gasteiger partial charge in [-0.15, -0.1) is 5.10 Å². The molecule has 10 heteroatoms. The average Bonchev–Trinajstić information content (AvgIpc) is 3.50. The largest absolute Gasteiger partial charge is 0.422 e. The summed E-state index contributed by atoms with van der Waals surface area (Å²) in [5.41, 5.74) is 8.60. The minimum atomic E-state index is -0.275. The van der Waals surface area contributed by atoms with Crippen molar-refractivity contribution in [3.05, 3.63) is 29.4 Å². The van der Waals surface area contributed by atoms with Crippen LogP contribution < -0.4 is 15.4 Å². The predicted molar refractivity (Wildman–Crippen MR) is 112 cm³/mol. The molecule has 0 unspecified atom stereocenters. The molecule has 1 aliphatic heterocycles. The van der Waals surface area contributed by atoms with Gasteiger partial charge in [-0.25, -0.2) is 4.39 Å². The van der Waals surface area contributed by atoms with E-state index in [1.54, 1.807) is 19.1 Å². The van der Waals surface area contributed by atoms with E-state index in [9.17, 15) is 4.39 Å². The number of aryl methyl sites for hydroxylation is 2. The topological polar surface area (TPSA) is 119 Å². The van der Waals surface area contributed by atoms with E-state index in [1.165, 1.54) is 0 Å². The third-order valence-corrected chi connectivity index (χ3v) is 6.50. The van der Waals surface area contributed by atoms with Gasteiger partial charge in [0.1, 0.15) is 17.3 Å². The first kappa shape index (κ1) is 18.5. The maximum absolute atomic E-state index is 14.4. The summed E-state index contributed by atoms with van der Waals surface area (Å²) < 4.78 is 25.4. The Morgan fingerprint density at radius 1 is 1.29 bits per heavy atom. The summed E-state index contributed by atoms with van der Waals surface area (Å²) in [6.45, 7) is 4.48. The molecule has 0 amide bonds. The molecule has 3 atom stereocenters. The summed E-state index contributed by atoms with van der Waals surface area (Å²) in [5, 5.41) is 9.21. The molecule has 31 heavy (non-hydrogen) atoms. The van der Waals surface area contributed by atoms with Crippen molar-refractivity contribution in [1.82, 2.24) is 25.1 Å². The quantitative estimate of drug-likeness (QED) is 0.514. The van der Waals surface area contributed by atoms with Crippen LogP contribution in [-0.4, -0.2) is 43.8 Å². The molecular formula is C21H22FN7O2. The number of piperidine rings is 1. The highest BCUT2D eigenvalue weighted by Crippen LogP contribution is 2.43. The smallest absolute Gasteiger partial charge is 0.393 e. The molecule has 9 nitrogen and oxygen atoms in total. The summed E-state index contributed by atoms with van der Waals surface area (Å²) in [6.07, 6.45) is 2.61. The molecule has 2 bridgehead atoms. The van der Waals surface area contributed by atoms with Gasteiger partial charge in [0.15, 0.2) is 0 Å². The van der Waals surface area contributed by atoms with Gasteiger partial charge in [-0.05, 0) is 42.9 Å². The van der Waals surface area contributed by atoms with E-state index in [-0.39, 0.29) is 23.9 Å². The zero-order valence-corrected chi connectivity index (χ0v) is 17.2. The third kappa shape index (κ3) is 2.85. The predicted octanol–water partition coefficient (Wildman–Crippen LogP) is 3.22. The Morgan fingerprint density at radius 3 is 2.84 bits per heavy atom. The number of hydrogen-bond donors (Lipinski definition) is 2. The Labute approximate surface area is 176 Å². The van der Waals surface area contributed by atoms with Crippen molar-refractivity contribution in [3.63, 3.8) is 0 Å². The Balaban J connectivity index is 1.56. The second-order valence-corrected chi connectivity index (χ2v) is 8.41. The lowest BCUT2D eigenvalue weighted by molar-refractivity contribution is 0.306. The summed E-state index contributed by atoms with van der Waals surface area (Å²) in [4.78, 5) is 14.9. The van der Waals surface area contributed by atoms with E-state index in [1.807, 2.05) is 6.92 Å². The number of hydrogen-bond acceptors (Lipinski definition) is 8. The van der Waals surface area contributed by atoms with Crippen LogP contribution in [0.3, 0.4) is 0 Å². The number of H-pyrrole nitrogens is 1. The van der Waals surface area contributed by atoms with Crippen molar-refractivity contribution in [2.24, 2.45) is 11.7 Å². The number of nitrogens with zero attached hydrogens (tertiary/aromatic N) is 5. The van der Waals surface area contributed by atoms with E-state index in [4.69, 9.17) is 19.9 Å². The Hall–Kier alpha value is -3.27. The fourth-order valence-corrected chi connectivity index (χ4v) is 5.08. The zero-order chi connectivity index (χ0) is 21.3. The van der Waals surface area contributed by atoms with Crippen molar-refractivity contribution < 1.29 is 13.5 Å². The summed E-state index contributed by atoms with van der Waals surface area (Å²) in [5.74, 6) is 1.25. The molecule has 1 saturated heterocycles. The van der Waals surface area contributed by atoms with Crippen molar-refractivity contribution in [3.8, 4) is 12.1 Å². The van der Waals surface area contributed by atoms with Crippen LogP contribution in [0.4, 0.5) is 10.2 Å². The van der Waals surface area contributed by atoms with Crippen LogP contribution in [0, 0.1) is 18.7 Å². The molecule has 1 saturated carbocycles. The van der Waals surface area contributed by atoms with Crippen LogP contribution in [0.15, 0.2) is 16.5 Å². The molecule has 0 spiro atoms. The number of anilines is 1. The molecule has 4 aromatic rings. The highest BCUT2D eigenvalue weighted by Gasteiger charge is 2.44. The maximum Gasteiger partial charge on any atom is 0.422 e. The van der Waals surface area contributed by atoms with Crippen LogP contribution in [0.1, 0.15) is 31.2 Å². The van der Waals surface area contributed by atoms with Crippen LogP contribution >= 0.6 is 0 Å². The lowest BCUT2D eigenvalue weighted by Gasteiger charge is -2.31. The lowest BCUT2D eigenvalue weighted by atomic mass is 10.0. The number of aromatic nitrogens is 5. The van der Waals surface area contributed by atoms with E-state index in [0.717, 1.165) is 47.1 Å². The number of nitrogens with one attached hydrogen (secondary N) is 1. The van der Waals surface area contributed by atoms with Crippen LogP contribution in [-0.2, 0) is 6.42 Å². The molecule has 1 aromatic carbocycles. The number of fused-ring (bicyclic) bond motifs is 5. The molecule has 1 aliphatic carbocycles. The second kappa shape index (κ2) is 6.61. The SMILES string of the molecule is CCc1cc(F)cc2c1[nH]c1nc(Oc3nnc(C)o3)nc(N3C[C@H]4C[C@@H]3C[C@H]4N)c12. The van der Waals surface area contributed by atoms with Crippen LogP contribution in [0.25, 0.3) is 21.9 Å². The molecule has 3 aromatic heterocycles. The number of rotatable bonds is 4. The van der Waals surface area contributed by atoms with Crippen molar-refractivity contribution in [2.45, 2.75) is 45.2 Å². The average molecular weight is 423 g/mol. The molecule has 0 radical (unpaired) electrons. The van der Waals surface area contributed by atoms with Gasteiger partial charge in [-0.2, -0.15) is 9.97 Å². The fraction of sp³-hybridized carbons (Fsp3) is 0.429. The number of benzene rings is 1. The second-order valence-electron chi connectivity index (χ2n) is 8.41. The number of aromatic amines is 1. The van der Waals surface area contributed by atoms with Gasteiger partial charge >= 0.3 is 12.1 Å². The first-order chi connectivity index (χ1) is 15.0. The minimum Gasteiger partial charge on any atom is -0.393 e. The molecule has 4 heterocycles. The van der Waals surface area contributed by atoms with Crippen molar-refractivity contribution >= 4 is 27.8 Å². The fourth-order valence-electron chi connectivity index (χ4n) is 5.08. The highest BCUT2D eigenvalue weighted by molar-refractivity contribution is 6.12. The molecular weight excluding hydrogens is 401 g/mol. The van der Waals surface area contributed by atoms with Gasteiger partial charge in [-0.3, -0.25) is 0 Å². The monoisotopic (exact) mass is 423 g/mol. The minimum absolute atomic E-state index is 0.0239. The maximum atomic E-state index is 14.4. The lowest BCUT2D eigenvalue weighted by Crippen LogP contribution is -2.41. The first-order valence-corrected chi connectivity index (χ1v) is 10.5. The highest BCUT2D eigenvalue weighted by atomic mass is 19.1. The van der Waals surface area contributed by atoms with Crippen LogP contribution in [0.2, 0.25) is 0 Å². The summed E-state index contributed by atoms with van der Waals surface area (Å²) >= 11 is 0. The van der Waals surface area contributed by atoms with E-state index < -0.39 is 0 Å². The van der Waals surface area contributed by atoms with Gasteiger partial charge in [0.05, 0.1) is 10.9 Å². The Morgan fingerprint density at radius 2 is 2.16 bits per heavy atom. The standard InChI is InChI=1S/C21H22FN7O2/c1-3-10-4-12(22)6-14-16-18(24-17(10)14)25-20(31-21-28-27-9(2)30-21)26-19(16)29-8-11-5-13(29)7-15(11)23/h4,6,11,13,15H,3,5,7-8,23H2,1-2H3,(H,24,25,26)/t11-,13-,15-/m1/s1. The number of halogens is 1. The van der Waals surface area contributed by atoms with Gasteiger partial charge in [0, 0.05) is 30.9 Å². The molecule has 2 fully saturated rings. The number of nitrogens with two attached hydrogens (primary N) is 1. The zero-order valence-electron chi connectivity index (χ0n) is 17.2. The van der Waals surface area contributed by atoms with Crippen LogP contribution in [0.5, 0.6) is 12.1 Å². The summed E-state index contributed by atoms with van der Waals surface area (Å²) in [6, 6.07) is 3.70. The van der Waals surface area contributed by atoms with Crippen molar-refractivity contribution in [1.29, 1.82) is 0 Å². The van der Waals surface area contributed by atoms with E-state index >= 15 is 0 Å². The molecule has 160 valence electrons. The Bertz CT molecular complexity index is 1310. The Kier molecular flexibility index (Phi) is 3.95. The van der Waals surface area contributed by atoms with Gasteiger partial charge in [0.25, 0.3) is 0 Å².